The van der Waals surface area contributed by atoms with E-state index in [2.05, 4.69) is 15.3 Å². The second-order valence-electron chi connectivity index (χ2n) is 3.18. The Morgan fingerprint density at radius 3 is 2.69 bits per heavy atom. The number of benzene rings is 1. The van der Waals surface area contributed by atoms with Gasteiger partial charge >= 0.3 is 0 Å². The first-order chi connectivity index (χ1) is 7.90. The van der Waals surface area contributed by atoms with E-state index in [0.29, 0.717) is 6.61 Å². The summed E-state index contributed by atoms with van der Waals surface area (Å²) in [4.78, 5) is 7.88. The van der Waals surface area contributed by atoms with Crippen LogP contribution >= 0.6 is 0 Å². The van der Waals surface area contributed by atoms with Crippen molar-refractivity contribution in [3.63, 3.8) is 0 Å². The van der Waals surface area contributed by atoms with Crippen LogP contribution in [0.1, 0.15) is 6.92 Å². The molecule has 2 rings (SSSR count). The third kappa shape index (κ3) is 2.48. The van der Waals surface area contributed by atoms with Crippen LogP contribution in [0.15, 0.2) is 43.0 Å². The molecule has 0 bridgehead atoms. The quantitative estimate of drug-likeness (QED) is 0.851. The van der Waals surface area contributed by atoms with Crippen molar-refractivity contribution in [3.05, 3.63) is 43.0 Å². The molecule has 0 aliphatic carbocycles. The molecule has 0 atom stereocenters. The zero-order chi connectivity index (χ0) is 11.2. The number of hydrogen-bond acceptors (Lipinski definition) is 4. The minimum atomic E-state index is 0.643. The van der Waals surface area contributed by atoms with E-state index in [-0.39, 0.29) is 0 Å². The average molecular weight is 215 g/mol. The lowest BCUT2D eigenvalue weighted by molar-refractivity contribution is 0.342. The molecule has 1 aromatic heterocycles. The maximum Gasteiger partial charge on any atom is 0.142 e. The van der Waals surface area contributed by atoms with Gasteiger partial charge in [-0.25, -0.2) is 9.97 Å². The maximum atomic E-state index is 5.51. The highest BCUT2D eigenvalue weighted by atomic mass is 16.5. The summed E-state index contributed by atoms with van der Waals surface area (Å²) in [5.41, 5.74) is 1.76. The highest BCUT2D eigenvalue weighted by Crippen LogP contribution is 2.26. The fourth-order valence-electron chi connectivity index (χ4n) is 1.37. The second kappa shape index (κ2) is 5.11. The molecule has 1 N–H and O–H groups in total. The van der Waals surface area contributed by atoms with Gasteiger partial charge in [-0.3, -0.25) is 0 Å². The van der Waals surface area contributed by atoms with E-state index in [0.717, 1.165) is 17.1 Å². The molecule has 82 valence electrons. The summed E-state index contributed by atoms with van der Waals surface area (Å²) < 4.78 is 5.51. The van der Waals surface area contributed by atoms with Crippen molar-refractivity contribution in [2.75, 3.05) is 11.9 Å². The molecule has 0 unspecified atom stereocenters. The third-order valence-corrected chi connectivity index (χ3v) is 2.03. The topological polar surface area (TPSA) is 47.0 Å². The van der Waals surface area contributed by atoms with Crippen molar-refractivity contribution in [2.24, 2.45) is 0 Å². The first-order valence-electron chi connectivity index (χ1n) is 5.14. The number of para-hydroxylation sites is 2. The molecule has 0 saturated carbocycles. The molecule has 0 spiro atoms. The molecule has 0 amide bonds. The normalized spacial score (nSPS) is 9.81. The summed E-state index contributed by atoms with van der Waals surface area (Å²) in [7, 11) is 0. The van der Waals surface area contributed by atoms with Gasteiger partial charge in [0.1, 0.15) is 12.1 Å². The van der Waals surface area contributed by atoms with E-state index >= 15 is 0 Å². The fourth-order valence-corrected chi connectivity index (χ4v) is 1.37. The molecule has 1 aromatic carbocycles. The highest BCUT2D eigenvalue weighted by Gasteiger charge is 2.02. The number of hydrogen-bond donors (Lipinski definition) is 1. The Balaban J connectivity index is 2.21. The van der Waals surface area contributed by atoms with Crippen LogP contribution in [0.5, 0.6) is 5.75 Å². The largest absolute Gasteiger partial charge is 0.492 e. The predicted molar refractivity (Wildman–Crippen MR) is 62.9 cm³/mol. The van der Waals surface area contributed by atoms with Crippen molar-refractivity contribution in [1.29, 1.82) is 0 Å². The maximum absolute atomic E-state index is 5.51. The van der Waals surface area contributed by atoms with Crippen molar-refractivity contribution in [2.45, 2.75) is 6.92 Å². The zero-order valence-corrected chi connectivity index (χ0v) is 9.05. The summed E-state index contributed by atoms with van der Waals surface area (Å²) in [6.45, 7) is 2.60. The summed E-state index contributed by atoms with van der Waals surface area (Å²) >= 11 is 0. The molecule has 2 aromatic rings. The zero-order valence-electron chi connectivity index (χ0n) is 9.05. The Labute approximate surface area is 94.3 Å². The van der Waals surface area contributed by atoms with E-state index in [1.807, 2.05) is 31.2 Å². The van der Waals surface area contributed by atoms with Crippen LogP contribution in [0.4, 0.5) is 11.4 Å². The van der Waals surface area contributed by atoms with E-state index in [4.69, 9.17) is 4.74 Å². The third-order valence-electron chi connectivity index (χ3n) is 2.03. The molecule has 4 nitrogen and oxygen atoms in total. The number of anilines is 2. The molecule has 0 saturated heterocycles. The van der Waals surface area contributed by atoms with E-state index in [9.17, 15) is 0 Å². The molecule has 0 aliphatic rings. The minimum Gasteiger partial charge on any atom is -0.492 e. The Morgan fingerprint density at radius 1 is 1.19 bits per heavy atom. The Hall–Kier alpha value is -2.10. The summed E-state index contributed by atoms with van der Waals surface area (Å²) in [6.07, 6.45) is 4.94. The highest BCUT2D eigenvalue weighted by molar-refractivity contribution is 5.64. The number of nitrogens with zero attached hydrogens (tertiary/aromatic N) is 2. The average Bonchev–Trinajstić information content (AvgIpc) is 2.33. The summed E-state index contributed by atoms with van der Waals surface area (Å²) in [6, 6.07) is 7.78. The van der Waals surface area contributed by atoms with Gasteiger partial charge in [-0.1, -0.05) is 12.1 Å². The van der Waals surface area contributed by atoms with Gasteiger partial charge in [0.25, 0.3) is 0 Å². The van der Waals surface area contributed by atoms with Gasteiger partial charge in [-0.2, -0.15) is 0 Å². The minimum absolute atomic E-state index is 0.643. The number of nitrogens with one attached hydrogen (secondary N) is 1. The Bertz CT molecular complexity index is 445. The second-order valence-corrected chi connectivity index (χ2v) is 3.18. The Morgan fingerprint density at radius 2 is 1.94 bits per heavy atom. The molecule has 16 heavy (non-hydrogen) atoms. The SMILES string of the molecule is CCOc1ccccc1Nc1cncnc1. The van der Waals surface area contributed by atoms with Crippen LogP contribution < -0.4 is 10.1 Å². The van der Waals surface area contributed by atoms with Crippen LogP contribution in [-0.2, 0) is 0 Å². The molecular weight excluding hydrogens is 202 g/mol. The van der Waals surface area contributed by atoms with Crippen LogP contribution in [0.2, 0.25) is 0 Å². The van der Waals surface area contributed by atoms with Gasteiger partial charge in [0.05, 0.1) is 30.4 Å². The van der Waals surface area contributed by atoms with E-state index in [1.54, 1.807) is 12.4 Å². The van der Waals surface area contributed by atoms with E-state index in [1.165, 1.54) is 6.33 Å². The van der Waals surface area contributed by atoms with Crippen LogP contribution in [0.3, 0.4) is 0 Å². The molecule has 4 heteroatoms. The standard InChI is InChI=1S/C12H13N3O/c1-2-16-12-6-4-3-5-11(12)15-10-7-13-9-14-8-10/h3-9,15H,2H2,1H3. The monoisotopic (exact) mass is 215 g/mol. The lowest BCUT2D eigenvalue weighted by Crippen LogP contribution is -1.98. The molecule has 0 aliphatic heterocycles. The van der Waals surface area contributed by atoms with Gasteiger partial charge in [0.2, 0.25) is 0 Å². The molecular formula is C12H13N3O. The van der Waals surface area contributed by atoms with Crippen molar-refractivity contribution in [3.8, 4) is 5.75 Å². The first-order valence-corrected chi connectivity index (χ1v) is 5.14. The smallest absolute Gasteiger partial charge is 0.142 e. The van der Waals surface area contributed by atoms with Crippen LogP contribution in [0.25, 0.3) is 0 Å². The molecule has 0 radical (unpaired) electrons. The van der Waals surface area contributed by atoms with E-state index < -0.39 is 0 Å². The van der Waals surface area contributed by atoms with Crippen molar-refractivity contribution in [1.82, 2.24) is 9.97 Å². The fraction of sp³-hybridized carbons (Fsp3) is 0.167. The van der Waals surface area contributed by atoms with Crippen molar-refractivity contribution < 1.29 is 4.74 Å². The molecule has 0 fully saturated rings. The number of rotatable bonds is 4. The van der Waals surface area contributed by atoms with Gasteiger partial charge in [0.15, 0.2) is 0 Å². The number of ether oxygens (including phenoxy) is 1. The van der Waals surface area contributed by atoms with Gasteiger partial charge in [0, 0.05) is 0 Å². The summed E-state index contributed by atoms with van der Waals surface area (Å²) in [5, 5.41) is 3.21. The Kier molecular flexibility index (Phi) is 3.33. The first kappa shape index (κ1) is 10.4. The van der Waals surface area contributed by atoms with Crippen LogP contribution in [-0.4, -0.2) is 16.6 Å². The summed E-state index contributed by atoms with van der Waals surface area (Å²) in [5.74, 6) is 0.828. The van der Waals surface area contributed by atoms with Crippen LogP contribution in [0, 0.1) is 0 Å². The van der Waals surface area contributed by atoms with Gasteiger partial charge in [-0.05, 0) is 19.1 Å². The van der Waals surface area contributed by atoms with Gasteiger partial charge < -0.3 is 10.1 Å². The van der Waals surface area contributed by atoms with Gasteiger partial charge in [-0.15, -0.1) is 0 Å². The predicted octanol–water partition coefficient (Wildman–Crippen LogP) is 2.62. The molecule has 1 heterocycles. The lowest BCUT2D eigenvalue weighted by Gasteiger charge is -2.11. The van der Waals surface area contributed by atoms with Crippen molar-refractivity contribution >= 4 is 11.4 Å². The lowest BCUT2D eigenvalue weighted by atomic mass is 10.3. The number of aromatic nitrogens is 2.